The molecule has 0 saturated carbocycles. The van der Waals surface area contributed by atoms with Crippen LogP contribution in [-0.2, 0) is 9.53 Å². The molecule has 0 spiro atoms. The molecule has 1 aromatic rings. The summed E-state index contributed by atoms with van der Waals surface area (Å²) in [5.74, 6) is 0.147. The average molecular weight is 278 g/mol. The van der Waals surface area contributed by atoms with E-state index < -0.39 is 0 Å². The molecule has 0 heterocycles. The number of hydrogen-bond donors (Lipinski definition) is 0. The molecule has 0 radical (unpaired) electrons. The molecule has 0 aromatic heterocycles. The Hall–Kier alpha value is -1.84. The van der Waals surface area contributed by atoms with Crippen LogP contribution in [0.1, 0.15) is 31.7 Å². The third-order valence-corrected chi connectivity index (χ3v) is 3.54. The molecule has 2 rings (SSSR count). The molecule has 0 bridgehead atoms. The van der Waals surface area contributed by atoms with Crippen molar-refractivity contribution in [2.75, 3.05) is 13.7 Å². The second kappa shape index (κ2) is 6.55. The summed E-state index contributed by atoms with van der Waals surface area (Å²) in [6.45, 7) is 2.21. The van der Waals surface area contributed by atoms with Crippen LogP contribution in [0.5, 0.6) is 5.75 Å². The average Bonchev–Trinajstić information content (AvgIpc) is 2.47. The van der Waals surface area contributed by atoms with Crippen LogP contribution in [0.25, 0.3) is 5.57 Å². The van der Waals surface area contributed by atoms with Gasteiger partial charge >= 0.3 is 5.97 Å². The van der Waals surface area contributed by atoms with Gasteiger partial charge in [-0.2, -0.15) is 0 Å². The van der Waals surface area contributed by atoms with E-state index in [9.17, 15) is 9.18 Å². The van der Waals surface area contributed by atoms with Gasteiger partial charge in [-0.05, 0) is 50.0 Å². The largest absolute Gasteiger partial charge is 0.496 e. The number of hydrogen-bond acceptors (Lipinski definition) is 3. The van der Waals surface area contributed by atoms with Crippen molar-refractivity contribution >= 4 is 11.5 Å². The van der Waals surface area contributed by atoms with Gasteiger partial charge in [0.1, 0.15) is 11.6 Å². The van der Waals surface area contributed by atoms with Gasteiger partial charge in [0.15, 0.2) is 0 Å². The second-order valence-electron chi connectivity index (χ2n) is 4.80. The maximum absolute atomic E-state index is 13.4. The Morgan fingerprint density at radius 1 is 1.45 bits per heavy atom. The van der Waals surface area contributed by atoms with E-state index in [0.717, 1.165) is 24.0 Å². The predicted molar refractivity (Wildman–Crippen MR) is 74.9 cm³/mol. The van der Waals surface area contributed by atoms with Gasteiger partial charge in [0.05, 0.1) is 19.6 Å². The van der Waals surface area contributed by atoms with E-state index in [-0.39, 0.29) is 17.7 Å². The number of esters is 1. The molecular formula is C16H19FO3. The summed E-state index contributed by atoms with van der Waals surface area (Å²) in [5.41, 5.74) is 1.80. The Morgan fingerprint density at radius 3 is 2.85 bits per heavy atom. The minimum Gasteiger partial charge on any atom is -0.496 e. The summed E-state index contributed by atoms with van der Waals surface area (Å²) in [4.78, 5) is 11.7. The molecule has 108 valence electrons. The zero-order valence-electron chi connectivity index (χ0n) is 11.8. The first-order valence-electron chi connectivity index (χ1n) is 6.85. The maximum Gasteiger partial charge on any atom is 0.309 e. The quantitative estimate of drug-likeness (QED) is 0.790. The molecule has 3 nitrogen and oxygen atoms in total. The highest BCUT2D eigenvalue weighted by Crippen LogP contribution is 2.35. The van der Waals surface area contributed by atoms with Crippen LogP contribution in [0.2, 0.25) is 0 Å². The standard InChI is InChI=1S/C16H19FO3/c1-3-20-16(18)12-6-4-11(5-7-12)14-10-13(17)8-9-15(14)19-2/h4,8-10,12H,3,5-7H2,1-2H3. The van der Waals surface area contributed by atoms with Crippen LogP contribution in [0.4, 0.5) is 4.39 Å². The molecular weight excluding hydrogens is 259 g/mol. The third kappa shape index (κ3) is 3.18. The molecule has 1 aliphatic rings. The first kappa shape index (κ1) is 14.6. The van der Waals surface area contributed by atoms with Crippen LogP contribution in [0.3, 0.4) is 0 Å². The molecule has 20 heavy (non-hydrogen) atoms. The van der Waals surface area contributed by atoms with E-state index in [1.807, 2.05) is 6.08 Å². The van der Waals surface area contributed by atoms with E-state index in [2.05, 4.69) is 0 Å². The summed E-state index contributed by atoms with van der Waals surface area (Å²) in [5, 5.41) is 0. The lowest BCUT2D eigenvalue weighted by molar-refractivity contribution is -0.148. The molecule has 1 unspecified atom stereocenters. The second-order valence-corrected chi connectivity index (χ2v) is 4.80. The first-order valence-corrected chi connectivity index (χ1v) is 6.85. The Labute approximate surface area is 118 Å². The van der Waals surface area contributed by atoms with Crippen molar-refractivity contribution in [2.45, 2.75) is 26.2 Å². The number of carbonyl (C=O) groups is 1. The van der Waals surface area contributed by atoms with Gasteiger partial charge < -0.3 is 9.47 Å². The lowest BCUT2D eigenvalue weighted by atomic mass is 9.86. The van der Waals surface area contributed by atoms with Crippen molar-refractivity contribution in [1.82, 2.24) is 0 Å². The van der Waals surface area contributed by atoms with E-state index in [0.29, 0.717) is 18.8 Å². The molecule has 0 saturated heterocycles. The van der Waals surface area contributed by atoms with Crippen molar-refractivity contribution in [3.63, 3.8) is 0 Å². The lowest BCUT2D eigenvalue weighted by Gasteiger charge is -2.21. The lowest BCUT2D eigenvalue weighted by Crippen LogP contribution is -2.19. The summed E-state index contributed by atoms with van der Waals surface area (Å²) >= 11 is 0. The highest BCUT2D eigenvalue weighted by molar-refractivity contribution is 5.77. The van der Waals surface area contributed by atoms with Gasteiger partial charge in [-0.3, -0.25) is 4.79 Å². The van der Waals surface area contributed by atoms with E-state index in [4.69, 9.17) is 9.47 Å². The van der Waals surface area contributed by atoms with Crippen molar-refractivity contribution in [3.05, 3.63) is 35.7 Å². The van der Waals surface area contributed by atoms with Gasteiger partial charge in [0.25, 0.3) is 0 Å². The Balaban J connectivity index is 2.16. The highest BCUT2D eigenvalue weighted by atomic mass is 19.1. The van der Waals surface area contributed by atoms with E-state index in [1.54, 1.807) is 20.1 Å². The van der Waals surface area contributed by atoms with Crippen LogP contribution >= 0.6 is 0 Å². The minimum atomic E-state index is -0.283. The van der Waals surface area contributed by atoms with Crippen LogP contribution in [-0.4, -0.2) is 19.7 Å². The van der Waals surface area contributed by atoms with Crippen molar-refractivity contribution < 1.29 is 18.7 Å². The zero-order chi connectivity index (χ0) is 14.5. The Kier molecular flexibility index (Phi) is 4.77. The molecule has 0 fully saturated rings. The zero-order valence-corrected chi connectivity index (χ0v) is 11.8. The highest BCUT2D eigenvalue weighted by Gasteiger charge is 2.24. The van der Waals surface area contributed by atoms with E-state index in [1.165, 1.54) is 12.1 Å². The Morgan fingerprint density at radius 2 is 2.25 bits per heavy atom. The van der Waals surface area contributed by atoms with Gasteiger partial charge in [-0.25, -0.2) is 4.39 Å². The molecule has 0 N–H and O–H groups in total. The summed E-state index contributed by atoms with van der Waals surface area (Å²) in [7, 11) is 1.57. The molecule has 0 aliphatic heterocycles. The number of halogens is 1. The van der Waals surface area contributed by atoms with Crippen molar-refractivity contribution in [1.29, 1.82) is 0 Å². The summed E-state index contributed by atoms with van der Waals surface area (Å²) in [6, 6.07) is 4.49. The number of methoxy groups -OCH3 is 1. The van der Waals surface area contributed by atoms with Crippen LogP contribution in [0.15, 0.2) is 24.3 Å². The maximum atomic E-state index is 13.4. The molecule has 1 atom stereocenters. The van der Waals surface area contributed by atoms with Crippen LogP contribution in [0, 0.1) is 11.7 Å². The monoisotopic (exact) mass is 278 g/mol. The number of carbonyl (C=O) groups excluding carboxylic acids is 1. The minimum absolute atomic E-state index is 0.0849. The summed E-state index contributed by atoms with van der Waals surface area (Å²) in [6.07, 6.45) is 4.07. The number of rotatable bonds is 4. The fourth-order valence-corrected chi connectivity index (χ4v) is 2.48. The normalized spacial score (nSPS) is 18.4. The van der Waals surface area contributed by atoms with Crippen molar-refractivity contribution in [2.24, 2.45) is 5.92 Å². The Bertz CT molecular complexity index is 522. The van der Waals surface area contributed by atoms with Crippen LogP contribution < -0.4 is 4.74 Å². The fourth-order valence-electron chi connectivity index (χ4n) is 2.48. The van der Waals surface area contributed by atoms with Crippen molar-refractivity contribution in [3.8, 4) is 5.75 Å². The van der Waals surface area contributed by atoms with Gasteiger partial charge in [0.2, 0.25) is 0 Å². The third-order valence-electron chi connectivity index (χ3n) is 3.54. The van der Waals surface area contributed by atoms with Gasteiger partial charge in [-0.1, -0.05) is 6.08 Å². The predicted octanol–water partition coefficient (Wildman–Crippen LogP) is 3.58. The number of benzene rings is 1. The fraction of sp³-hybridized carbons (Fsp3) is 0.438. The number of allylic oxidation sites excluding steroid dienone is 2. The molecule has 1 aromatic carbocycles. The van der Waals surface area contributed by atoms with Gasteiger partial charge in [0, 0.05) is 5.56 Å². The molecule has 1 aliphatic carbocycles. The molecule has 4 heteroatoms. The summed E-state index contributed by atoms with van der Waals surface area (Å²) < 4.78 is 23.7. The first-order chi connectivity index (χ1) is 9.65. The van der Waals surface area contributed by atoms with E-state index >= 15 is 0 Å². The smallest absolute Gasteiger partial charge is 0.309 e. The SMILES string of the molecule is CCOC(=O)C1CC=C(c2cc(F)ccc2OC)CC1. The number of ether oxygens (including phenoxy) is 2. The molecule has 0 amide bonds. The van der Waals surface area contributed by atoms with Gasteiger partial charge in [-0.15, -0.1) is 0 Å². The topological polar surface area (TPSA) is 35.5 Å².